The SMILES string of the molecule is Cc1ccc(C)c(CN2C(=O)C(=O)/C(=C(\O)c3ccc4c(c3)N(C)CCO4)C2c2ccco2)c1. The van der Waals surface area contributed by atoms with E-state index in [0.717, 1.165) is 22.4 Å². The predicted octanol–water partition coefficient (Wildman–Crippen LogP) is 4.35. The zero-order chi connectivity index (χ0) is 24.0. The largest absolute Gasteiger partial charge is 0.507 e. The molecule has 2 aliphatic heterocycles. The smallest absolute Gasteiger partial charge is 0.296 e. The number of hydrogen-bond donors (Lipinski definition) is 1. The molecule has 2 aliphatic rings. The third kappa shape index (κ3) is 3.63. The number of hydrogen-bond acceptors (Lipinski definition) is 6. The van der Waals surface area contributed by atoms with E-state index in [9.17, 15) is 14.7 Å². The molecular weight excluding hydrogens is 432 g/mol. The van der Waals surface area contributed by atoms with E-state index in [4.69, 9.17) is 9.15 Å². The fourth-order valence-corrected chi connectivity index (χ4v) is 4.59. The second kappa shape index (κ2) is 8.41. The summed E-state index contributed by atoms with van der Waals surface area (Å²) >= 11 is 0. The van der Waals surface area contributed by atoms with Crippen molar-refractivity contribution in [1.82, 2.24) is 4.90 Å². The van der Waals surface area contributed by atoms with Gasteiger partial charge in [0.25, 0.3) is 11.7 Å². The highest BCUT2D eigenvalue weighted by molar-refractivity contribution is 6.46. The van der Waals surface area contributed by atoms with Crippen LogP contribution >= 0.6 is 0 Å². The predicted molar refractivity (Wildman–Crippen MR) is 128 cm³/mol. The molecule has 2 aromatic carbocycles. The molecule has 3 aromatic rings. The number of benzene rings is 2. The first-order valence-corrected chi connectivity index (χ1v) is 11.2. The summed E-state index contributed by atoms with van der Waals surface area (Å²) in [6, 6.07) is 13.8. The Labute approximate surface area is 197 Å². The van der Waals surface area contributed by atoms with Gasteiger partial charge in [-0.05, 0) is 55.3 Å². The van der Waals surface area contributed by atoms with Crippen LogP contribution in [0.2, 0.25) is 0 Å². The molecule has 0 radical (unpaired) electrons. The van der Waals surface area contributed by atoms with Crippen LogP contribution in [0.15, 0.2) is 64.8 Å². The number of likely N-dealkylation sites (tertiary alicyclic amines) is 1. The van der Waals surface area contributed by atoms with Gasteiger partial charge in [-0.25, -0.2) is 0 Å². The molecule has 7 nitrogen and oxygen atoms in total. The minimum absolute atomic E-state index is 0.0181. The van der Waals surface area contributed by atoms with Crippen LogP contribution in [0.25, 0.3) is 5.76 Å². The summed E-state index contributed by atoms with van der Waals surface area (Å²) in [5.74, 6) is -0.494. The number of aryl methyl sites for hydroxylation is 2. The van der Waals surface area contributed by atoms with Crippen molar-refractivity contribution in [3.05, 3.63) is 88.4 Å². The number of furan rings is 1. The van der Waals surface area contributed by atoms with Gasteiger partial charge in [-0.15, -0.1) is 0 Å². The monoisotopic (exact) mass is 458 g/mol. The quantitative estimate of drug-likeness (QED) is 0.356. The van der Waals surface area contributed by atoms with Crippen LogP contribution in [0.3, 0.4) is 0 Å². The summed E-state index contributed by atoms with van der Waals surface area (Å²) in [4.78, 5) is 29.9. The van der Waals surface area contributed by atoms with E-state index in [2.05, 4.69) is 0 Å². The van der Waals surface area contributed by atoms with Crippen LogP contribution in [0.4, 0.5) is 5.69 Å². The number of aliphatic hydroxyl groups excluding tert-OH is 1. The lowest BCUT2D eigenvalue weighted by Crippen LogP contribution is -2.29. The summed E-state index contributed by atoms with van der Waals surface area (Å²) in [5.41, 5.74) is 4.29. The van der Waals surface area contributed by atoms with Crippen molar-refractivity contribution < 1.29 is 23.8 Å². The molecule has 0 bridgehead atoms. The van der Waals surface area contributed by atoms with Gasteiger partial charge in [-0.2, -0.15) is 0 Å². The number of ketones is 1. The molecule has 1 aromatic heterocycles. The van der Waals surface area contributed by atoms with Crippen molar-refractivity contribution in [3.63, 3.8) is 0 Å². The van der Waals surface area contributed by atoms with Gasteiger partial charge < -0.3 is 24.1 Å². The number of ether oxygens (including phenoxy) is 1. The average molecular weight is 459 g/mol. The van der Waals surface area contributed by atoms with E-state index in [1.54, 1.807) is 30.3 Å². The lowest BCUT2D eigenvalue weighted by atomic mass is 9.98. The lowest BCUT2D eigenvalue weighted by molar-refractivity contribution is -0.140. The maximum Gasteiger partial charge on any atom is 0.296 e. The Morgan fingerprint density at radius 2 is 1.94 bits per heavy atom. The molecule has 1 atom stereocenters. The minimum atomic E-state index is -0.833. The van der Waals surface area contributed by atoms with Gasteiger partial charge in [-0.3, -0.25) is 9.59 Å². The highest BCUT2D eigenvalue weighted by Gasteiger charge is 2.47. The van der Waals surface area contributed by atoms with E-state index in [0.29, 0.717) is 30.2 Å². The zero-order valence-electron chi connectivity index (χ0n) is 19.4. The van der Waals surface area contributed by atoms with Gasteiger partial charge in [0.1, 0.15) is 29.9 Å². The molecular formula is C27H26N2O5. The summed E-state index contributed by atoms with van der Waals surface area (Å²) < 4.78 is 11.3. The van der Waals surface area contributed by atoms with Crippen molar-refractivity contribution in [3.8, 4) is 5.75 Å². The number of nitrogens with zero attached hydrogens (tertiary/aromatic N) is 2. The fraction of sp³-hybridized carbons (Fsp3) is 0.259. The third-order valence-electron chi connectivity index (χ3n) is 6.53. The van der Waals surface area contributed by atoms with Gasteiger partial charge in [0, 0.05) is 19.2 Å². The molecule has 7 heteroatoms. The number of aliphatic hydroxyl groups is 1. The molecule has 3 heterocycles. The van der Waals surface area contributed by atoms with Crippen LogP contribution in [0, 0.1) is 13.8 Å². The van der Waals surface area contributed by atoms with E-state index in [1.807, 2.05) is 44.0 Å². The third-order valence-corrected chi connectivity index (χ3v) is 6.53. The maximum atomic E-state index is 13.2. The number of carbonyl (C=O) groups is 2. The lowest BCUT2D eigenvalue weighted by Gasteiger charge is -2.28. The van der Waals surface area contributed by atoms with Crippen LogP contribution < -0.4 is 9.64 Å². The molecule has 174 valence electrons. The van der Waals surface area contributed by atoms with Gasteiger partial charge in [0.15, 0.2) is 0 Å². The minimum Gasteiger partial charge on any atom is -0.507 e. The molecule has 5 rings (SSSR count). The Kier molecular flexibility index (Phi) is 5.40. The van der Waals surface area contributed by atoms with Gasteiger partial charge in [0.2, 0.25) is 0 Å². The van der Waals surface area contributed by atoms with Crippen LogP contribution in [-0.2, 0) is 16.1 Å². The van der Waals surface area contributed by atoms with Crippen molar-refractivity contribution in [1.29, 1.82) is 0 Å². The standard InChI is InChI=1S/C27H26N2O5/c1-16-6-7-17(2)19(13-16)15-29-24(22-5-4-11-33-22)23(26(31)27(29)32)25(30)18-8-9-21-20(14-18)28(3)10-12-34-21/h4-9,11,13-14,24,30H,10,12,15H2,1-3H3/b25-23-. The highest BCUT2D eigenvalue weighted by atomic mass is 16.5. The average Bonchev–Trinajstić information content (AvgIpc) is 3.44. The topological polar surface area (TPSA) is 83.2 Å². The van der Waals surface area contributed by atoms with E-state index < -0.39 is 17.7 Å². The number of rotatable bonds is 4. The second-order valence-corrected chi connectivity index (χ2v) is 8.82. The first-order valence-electron chi connectivity index (χ1n) is 11.2. The molecule has 0 spiro atoms. The van der Waals surface area contributed by atoms with E-state index >= 15 is 0 Å². The second-order valence-electron chi connectivity index (χ2n) is 8.82. The Morgan fingerprint density at radius 3 is 2.71 bits per heavy atom. The van der Waals surface area contributed by atoms with Crippen LogP contribution in [-0.4, -0.2) is 41.9 Å². The first kappa shape index (κ1) is 21.8. The summed E-state index contributed by atoms with van der Waals surface area (Å²) in [6.07, 6.45) is 1.50. The van der Waals surface area contributed by atoms with Crippen molar-refractivity contribution in [2.75, 3.05) is 25.1 Å². The molecule has 0 saturated carbocycles. The molecule has 1 amide bonds. The zero-order valence-corrected chi connectivity index (χ0v) is 19.4. The molecule has 1 N–H and O–H groups in total. The Morgan fingerprint density at radius 1 is 1.12 bits per heavy atom. The normalized spacial score (nSPS) is 19.3. The van der Waals surface area contributed by atoms with Crippen molar-refractivity contribution in [2.45, 2.75) is 26.4 Å². The summed E-state index contributed by atoms with van der Waals surface area (Å²) in [5, 5.41) is 11.3. The summed E-state index contributed by atoms with van der Waals surface area (Å²) in [6.45, 7) is 5.47. The fourth-order valence-electron chi connectivity index (χ4n) is 4.59. The van der Waals surface area contributed by atoms with Crippen LogP contribution in [0.5, 0.6) is 5.75 Å². The number of fused-ring (bicyclic) bond motifs is 1. The Bertz CT molecular complexity index is 1310. The number of anilines is 1. The number of amides is 1. The van der Waals surface area contributed by atoms with E-state index in [1.165, 1.54) is 11.2 Å². The molecule has 0 aliphatic carbocycles. The first-order chi connectivity index (χ1) is 16.3. The molecule has 1 saturated heterocycles. The number of likely N-dealkylation sites (N-methyl/N-ethyl adjacent to an activating group) is 1. The van der Waals surface area contributed by atoms with Crippen molar-refractivity contribution >= 4 is 23.1 Å². The summed E-state index contributed by atoms with van der Waals surface area (Å²) in [7, 11) is 1.94. The number of carbonyl (C=O) groups excluding carboxylic acids is 2. The number of Topliss-reactive ketones (excluding diaryl/α,β-unsaturated/α-hetero) is 1. The Hall–Kier alpha value is -4.00. The Balaban J connectivity index is 1.62. The molecule has 1 unspecified atom stereocenters. The van der Waals surface area contributed by atoms with Crippen LogP contribution in [0.1, 0.15) is 34.1 Å². The van der Waals surface area contributed by atoms with E-state index in [-0.39, 0.29) is 17.9 Å². The molecule has 1 fully saturated rings. The van der Waals surface area contributed by atoms with Crippen molar-refractivity contribution in [2.24, 2.45) is 0 Å². The molecule has 34 heavy (non-hydrogen) atoms. The maximum absolute atomic E-state index is 13.2. The van der Waals surface area contributed by atoms with Gasteiger partial charge in [-0.1, -0.05) is 23.8 Å². The van der Waals surface area contributed by atoms with Gasteiger partial charge >= 0.3 is 0 Å². The highest BCUT2D eigenvalue weighted by Crippen LogP contribution is 2.42. The van der Waals surface area contributed by atoms with Gasteiger partial charge in [0.05, 0.1) is 24.1 Å².